The number of aromatic nitrogens is 3. The van der Waals surface area contributed by atoms with Gasteiger partial charge in [0.2, 0.25) is 6.79 Å². The van der Waals surface area contributed by atoms with Crippen molar-refractivity contribution in [1.82, 2.24) is 19.2 Å². The molecule has 0 atom stereocenters. The van der Waals surface area contributed by atoms with Gasteiger partial charge in [0.25, 0.3) is 11.5 Å². The number of nitrogen functional groups attached to an aromatic ring is 1. The fourth-order valence-electron chi connectivity index (χ4n) is 3.94. The van der Waals surface area contributed by atoms with Crippen LogP contribution in [0.2, 0.25) is 0 Å². The number of benzene rings is 1. The van der Waals surface area contributed by atoms with Crippen LogP contribution in [0.15, 0.2) is 23.0 Å². The fraction of sp³-hybridized carbons (Fsp3) is 0.316. The molecule has 5 rings (SSSR count). The molecule has 0 spiro atoms. The second kappa shape index (κ2) is 5.75. The maximum absolute atomic E-state index is 13.2. The van der Waals surface area contributed by atoms with Gasteiger partial charge in [0.15, 0.2) is 11.5 Å². The molecule has 0 radical (unpaired) electrons. The molecule has 1 aromatic carbocycles. The first-order valence-electron chi connectivity index (χ1n) is 8.99. The molecule has 0 fully saturated rings. The minimum absolute atomic E-state index is 0.180. The van der Waals surface area contributed by atoms with Gasteiger partial charge in [-0.2, -0.15) is 5.10 Å². The second-order valence-electron chi connectivity index (χ2n) is 7.10. The van der Waals surface area contributed by atoms with Crippen LogP contribution in [0.1, 0.15) is 21.7 Å². The lowest BCUT2D eigenvalue weighted by Gasteiger charge is -2.25. The SMILES string of the molecule is Cc1nn(Cc2ccc3c(c2)OCO3)c(=O)c2c(N)c3n(c12)CCN(C)C3=O. The van der Waals surface area contributed by atoms with Crippen molar-refractivity contribution >= 4 is 22.5 Å². The zero-order chi connectivity index (χ0) is 19.6. The highest BCUT2D eigenvalue weighted by molar-refractivity contribution is 6.08. The summed E-state index contributed by atoms with van der Waals surface area (Å²) in [4.78, 5) is 27.4. The predicted octanol–water partition coefficient (Wildman–Crippen LogP) is 0.951. The van der Waals surface area contributed by atoms with E-state index in [0.717, 1.165) is 5.56 Å². The number of hydrogen-bond donors (Lipinski definition) is 1. The summed E-state index contributed by atoms with van der Waals surface area (Å²) in [5, 5.41) is 4.84. The van der Waals surface area contributed by atoms with Crippen molar-refractivity contribution < 1.29 is 14.3 Å². The van der Waals surface area contributed by atoms with Crippen LogP contribution in [0.4, 0.5) is 5.69 Å². The smallest absolute Gasteiger partial charge is 0.278 e. The third-order valence-corrected chi connectivity index (χ3v) is 5.34. The molecule has 9 nitrogen and oxygen atoms in total. The Hall–Kier alpha value is -3.49. The Morgan fingerprint density at radius 1 is 1.18 bits per heavy atom. The molecule has 2 N–H and O–H groups in total. The maximum atomic E-state index is 13.2. The first kappa shape index (κ1) is 16.7. The quantitative estimate of drug-likeness (QED) is 0.709. The minimum Gasteiger partial charge on any atom is -0.454 e. The average molecular weight is 381 g/mol. The van der Waals surface area contributed by atoms with Crippen LogP contribution in [0.5, 0.6) is 11.5 Å². The Morgan fingerprint density at radius 3 is 2.79 bits per heavy atom. The highest BCUT2D eigenvalue weighted by atomic mass is 16.7. The van der Waals surface area contributed by atoms with Gasteiger partial charge in [0.05, 0.1) is 28.8 Å². The van der Waals surface area contributed by atoms with Gasteiger partial charge >= 0.3 is 0 Å². The second-order valence-corrected chi connectivity index (χ2v) is 7.10. The van der Waals surface area contributed by atoms with Crippen LogP contribution in [-0.2, 0) is 13.1 Å². The summed E-state index contributed by atoms with van der Waals surface area (Å²) in [6.45, 7) is 3.43. The summed E-state index contributed by atoms with van der Waals surface area (Å²) in [6, 6.07) is 5.52. The molecule has 28 heavy (non-hydrogen) atoms. The molecule has 2 aromatic heterocycles. The molecule has 0 saturated heterocycles. The molecule has 1 amide bonds. The number of nitrogens with two attached hydrogens (primary N) is 1. The largest absolute Gasteiger partial charge is 0.454 e. The van der Waals surface area contributed by atoms with Crippen LogP contribution in [0, 0.1) is 6.92 Å². The number of carbonyl (C=O) groups is 1. The van der Waals surface area contributed by atoms with Crippen molar-refractivity contribution in [3.63, 3.8) is 0 Å². The standard InChI is InChI=1S/C19H19N5O4/c1-10-16-14(15(20)17-19(26)22(2)5-6-23(16)17)18(25)24(21-10)8-11-3-4-12-13(7-11)28-9-27-12/h3-4,7H,5-6,8-9,20H2,1-2H3. The molecule has 9 heteroatoms. The van der Waals surface area contributed by atoms with E-state index in [0.29, 0.717) is 46.9 Å². The minimum atomic E-state index is -0.312. The number of nitrogens with zero attached hydrogens (tertiary/aromatic N) is 4. The number of carbonyl (C=O) groups excluding carboxylic acids is 1. The number of ether oxygens (including phenoxy) is 2. The summed E-state index contributed by atoms with van der Waals surface area (Å²) in [6.07, 6.45) is 0. The number of rotatable bonds is 2. The van der Waals surface area contributed by atoms with E-state index in [4.69, 9.17) is 15.2 Å². The van der Waals surface area contributed by atoms with Crippen molar-refractivity contribution in [3.8, 4) is 11.5 Å². The van der Waals surface area contributed by atoms with E-state index in [-0.39, 0.29) is 30.5 Å². The van der Waals surface area contributed by atoms with Crippen molar-refractivity contribution in [1.29, 1.82) is 0 Å². The number of amides is 1. The number of anilines is 1. The molecule has 4 heterocycles. The van der Waals surface area contributed by atoms with E-state index in [1.807, 2.05) is 29.7 Å². The van der Waals surface area contributed by atoms with Gasteiger partial charge in [0, 0.05) is 20.1 Å². The first-order valence-corrected chi connectivity index (χ1v) is 8.99. The molecular weight excluding hydrogens is 362 g/mol. The lowest BCUT2D eigenvalue weighted by atomic mass is 10.2. The molecule has 0 saturated carbocycles. The summed E-state index contributed by atoms with van der Waals surface area (Å²) >= 11 is 0. The van der Waals surface area contributed by atoms with Crippen LogP contribution >= 0.6 is 0 Å². The van der Waals surface area contributed by atoms with Crippen molar-refractivity contribution in [3.05, 3.63) is 45.5 Å². The Balaban J connectivity index is 1.66. The Bertz CT molecular complexity index is 1210. The van der Waals surface area contributed by atoms with E-state index < -0.39 is 0 Å². The first-order chi connectivity index (χ1) is 13.5. The molecule has 0 unspecified atom stereocenters. The zero-order valence-electron chi connectivity index (χ0n) is 15.6. The van der Waals surface area contributed by atoms with E-state index in [2.05, 4.69) is 5.10 Å². The topological polar surface area (TPSA) is 105 Å². The average Bonchev–Trinajstić information content (AvgIpc) is 3.25. The van der Waals surface area contributed by atoms with Crippen LogP contribution in [0.25, 0.3) is 10.9 Å². The summed E-state index contributed by atoms with van der Waals surface area (Å²) < 4.78 is 13.9. The van der Waals surface area contributed by atoms with Gasteiger partial charge in [-0.15, -0.1) is 0 Å². The van der Waals surface area contributed by atoms with Crippen molar-refractivity contribution in [2.75, 3.05) is 26.1 Å². The Morgan fingerprint density at radius 2 is 1.96 bits per heavy atom. The summed E-state index contributed by atoms with van der Waals surface area (Å²) in [5.41, 5.74) is 8.71. The van der Waals surface area contributed by atoms with Gasteiger partial charge in [0.1, 0.15) is 5.69 Å². The van der Waals surface area contributed by atoms with E-state index in [1.165, 1.54) is 4.68 Å². The molecular formula is C19H19N5O4. The normalized spacial score (nSPS) is 15.4. The number of likely N-dealkylation sites (N-methyl/N-ethyl adjacent to an activating group) is 1. The van der Waals surface area contributed by atoms with Crippen LogP contribution in [-0.4, -0.2) is 45.5 Å². The third-order valence-electron chi connectivity index (χ3n) is 5.34. The molecule has 3 aromatic rings. The lowest BCUT2D eigenvalue weighted by molar-refractivity contribution is 0.0752. The molecule has 144 valence electrons. The zero-order valence-corrected chi connectivity index (χ0v) is 15.6. The Kier molecular flexibility index (Phi) is 3.42. The van der Waals surface area contributed by atoms with E-state index >= 15 is 0 Å². The fourth-order valence-corrected chi connectivity index (χ4v) is 3.94. The molecule has 2 aliphatic heterocycles. The van der Waals surface area contributed by atoms with Crippen molar-refractivity contribution in [2.24, 2.45) is 0 Å². The molecule has 2 aliphatic rings. The maximum Gasteiger partial charge on any atom is 0.278 e. The van der Waals surface area contributed by atoms with Gasteiger partial charge < -0.3 is 24.7 Å². The third kappa shape index (κ3) is 2.22. The highest BCUT2D eigenvalue weighted by Crippen LogP contribution is 2.33. The lowest BCUT2D eigenvalue weighted by Crippen LogP contribution is -2.37. The number of hydrogen-bond acceptors (Lipinski definition) is 6. The highest BCUT2D eigenvalue weighted by Gasteiger charge is 2.30. The summed E-state index contributed by atoms with van der Waals surface area (Å²) in [7, 11) is 1.73. The predicted molar refractivity (Wildman–Crippen MR) is 102 cm³/mol. The van der Waals surface area contributed by atoms with Crippen LogP contribution in [0.3, 0.4) is 0 Å². The van der Waals surface area contributed by atoms with Crippen molar-refractivity contribution in [2.45, 2.75) is 20.0 Å². The van der Waals surface area contributed by atoms with E-state index in [9.17, 15) is 9.59 Å². The van der Waals surface area contributed by atoms with Gasteiger partial charge in [-0.3, -0.25) is 9.59 Å². The van der Waals surface area contributed by atoms with Gasteiger partial charge in [-0.25, -0.2) is 4.68 Å². The number of aryl methyl sites for hydroxylation is 1. The molecule has 0 aliphatic carbocycles. The van der Waals surface area contributed by atoms with Gasteiger partial charge in [-0.05, 0) is 24.6 Å². The molecule has 0 bridgehead atoms. The monoisotopic (exact) mass is 381 g/mol. The Labute approximate surface area is 159 Å². The van der Waals surface area contributed by atoms with Gasteiger partial charge in [-0.1, -0.05) is 6.07 Å². The van der Waals surface area contributed by atoms with E-state index in [1.54, 1.807) is 11.9 Å². The summed E-state index contributed by atoms with van der Waals surface area (Å²) in [5.74, 6) is 1.15. The number of fused-ring (bicyclic) bond motifs is 4. The van der Waals surface area contributed by atoms with Crippen LogP contribution < -0.4 is 20.8 Å².